The molecule has 3 rings (SSSR count). The molecule has 0 fully saturated rings. The van der Waals surface area contributed by atoms with Gasteiger partial charge in [0.2, 0.25) is 0 Å². The predicted molar refractivity (Wildman–Crippen MR) is 80.5 cm³/mol. The van der Waals surface area contributed by atoms with Gasteiger partial charge in [0.1, 0.15) is 10.7 Å². The molecule has 7 nitrogen and oxygen atoms in total. The zero-order chi connectivity index (χ0) is 16.6. The van der Waals surface area contributed by atoms with E-state index >= 15 is 0 Å². The number of nitrogens with zero attached hydrogens (tertiary/aromatic N) is 3. The van der Waals surface area contributed by atoms with Crippen molar-refractivity contribution < 1.29 is 12.8 Å². The highest BCUT2D eigenvalue weighted by Crippen LogP contribution is 2.22. The van der Waals surface area contributed by atoms with Crippen molar-refractivity contribution in [3.8, 4) is 6.07 Å². The van der Waals surface area contributed by atoms with E-state index in [1.54, 1.807) is 19.1 Å². The van der Waals surface area contributed by atoms with Crippen LogP contribution in [0.3, 0.4) is 0 Å². The third-order valence-corrected chi connectivity index (χ3v) is 4.62. The van der Waals surface area contributed by atoms with Crippen LogP contribution in [0.25, 0.3) is 11.0 Å². The van der Waals surface area contributed by atoms with E-state index in [0.717, 1.165) is 17.8 Å². The van der Waals surface area contributed by atoms with Gasteiger partial charge in [0.25, 0.3) is 10.0 Å². The number of H-pyrrole nitrogens is 1. The smallest absolute Gasteiger partial charge is 0.264 e. The summed E-state index contributed by atoms with van der Waals surface area (Å²) in [4.78, 5) is 3.48. The lowest BCUT2D eigenvalue weighted by molar-refractivity contribution is 0.570. The first-order chi connectivity index (χ1) is 10.9. The van der Waals surface area contributed by atoms with E-state index in [4.69, 9.17) is 5.26 Å². The average molecular weight is 331 g/mol. The van der Waals surface area contributed by atoms with E-state index in [1.807, 2.05) is 0 Å². The zero-order valence-electron chi connectivity index (χ0n) is 11.8. The number of fused-ring (bicyclic) bond motifs is 1. The molecule has 0 amide bonds. The minimum absolute atomic E-state index is 0.0403. The largest absolute Gasteiger partial charge is 0.280 e. The molecule has 0 atom stereocenters. The SMILES string of the molecule is Cc1[nH]nc2ncc(NS(=O)(=O)c3ccc(C#N)cc3F)cc12. The van der Waals surface area contributed by atoms with Gasteiger partial charge in [-0.3, -0.25) is 9.82 Å². The van der Waals surface area contributed by atoms with E-state index < -0.39 is 20.7 Å². The van der Waals surface area contributed by atoms with Crippen LogP contribution >= 0.6 is 0 Å². The van der Waals surface area contributed by atoms with Crippen LogP contribution in [0.15, 0.2) is 35.4 Å². The number of halogens is 1. The highest BCUT2D eigenvalue weighted by molar-refractivity contribution is 7.92. The van der Waals surface area contributed by atoms with Crippen LogP contribution in [-0.2, 0) is 10.0 Å². The van der Waals surface area contributed by atoms with Crippen LogP contribution in [-0.4, -0.2) is 23.6 Å². The Labute approximate surface area is 130 Å². The topological polar surface area (TPSA) is 112 Å². The van der Waals surface area contributed by atoms with Crippen LogP contribution in [0.2, 0.25) is 0 Å². The summed E-state index contributed by atoms with van der Waals surface area (Å²) in [5.74, 6) is -0.995. The maximum Gasteiger partial charge on any atom is 0.264 e. The number of aryl methyl sites for hydroxylation is 1. The molecule has 2 heterocycles. The van der Waals surface area contributed by atoms with Gasteiger partial charge in [0, 0.05) is 11.1 Å². The molecule has 116 valence electrons. The number of benzene rings is 1. The van der Waals surface area contributed by atoms with Gasteiger partial charge in [0.05, 0.1) is 23.5 Å². The lowest BCUT2D eigenvalue weighted by Gasteiger charge is -2.08. The minimum atomic E-state index is -4.14. The highest BCUT2D eigenvalue weighted by Gasteiger charge is 2.20. The second-order valence-electron chi connectivity index (χ2n) is 4.81. The summed E-state index contributed by atoms with van der Waals surface area (Å²) in [6.07, 6.45) is 1.29. The lowest BCUT2D eigenvalue weighted by Crippen LogP contribution is -2.14. The molecule has 0 unspecified atom stereocenters. The lowest BCUT2D eigenvalue weighted by atomic mass is 10.2. The second-order valence-corrected chi connectivity index (χ2v) is 6.46. The van der Waals surface area contributed by atoms with Crippen molar-refractivity contribution in [2.24, 2.45) is 0 Å². The Kier molecular flexibility index (Phi) is 3.46. The second kappa shape index (κ2) is 5.33. The molecular weight excluding hydrogens is 321 g/mol. The molecule has 0 aliphatic carbocycles. The third kappa shape index (κ3) is 2.72. The Morgan fingerprint density at radius 2 is 2.13 bits per heavy atom. The van der Waals surface area contributed by atoms with Crippen LogP contribution < -0.4 is 4.72 Å². The van der Waals surface area contributed by atoms with Crippen LogP contribution in [0.1, 0.15) is 11.3 Å². The summed E-state index contributed by atoms with van der Waals surface area (Å²) in [6.45, 7) is 1.77. The summed E-state index contributed by atoms with van der Waals surface area (Å²) in [5, 5.41) is 16.0. The van der Waals surface area contributed by atoms with Gasteiger partial charge in [-0.2, -0.15) is 10.4 Å². The van der Waals surface area contributed by atoms with Crippen molar-refractivity contribution in [1.82, 2.24) is 15.2 Å². The highest BCUT2D eigenvalue weighted by atomic mass is 32.2. The molecule has 23 heavy (non-hydrogen) atoms. The van der Waals surface area contributed by atoms with Gasteiger partial charge in [-0.1, -0.05) is 0 Å². The first-order valence-electron chi connectivity index (χ1n) is 6.44. The monoisotopic (exact) mass is 331 g/mol. The predicted octanol–water partition coefficient (Wildman–Crippen LogP) is 2.08. The first kappa shape index (κ1) is 14.9. The molecule has 0 bridgehead atoms. The summed E-state index contributed by atoms with van der Waals surface area (Å²) < 4.78 is 40.8. The third-order valence-electron chi connectivity index (χ3n) is 3.20. The van der Waals surface area contributed by atoms with E-state index in [2.05, 4.69) is 19.9 Å². The Bertz CT molecular complexity index is 1050. The number of rotatable bonds is 3. The Hall–Kier alpha value is -2.99. The van der Waals surface area contributed by atoms with Crippen molar-refractivity contribution >= 4 is 26.7 Å². The number of hydrogen-bond acceptors (Lipinski definition) is 5. The minimum Gasteiger partial charge on any atom is -0.280 e. The quantitative estimate of drug-likeness (QED) is 0.763. The maximum atomic E-state index is 13.9. The van der Waals surface area contributed by atoms with Crippen LogP contribution in [0.5, 0.6) is 0 Å². The molecule has 0 radical (unpaired) electrons. The Morgan fingerprint density at radius 3 is 2.83 bits per heavy atom. The van der Waals surface area contributed by atoms with Crippen molar-refractivity contribution in [3.63, 3.8) is 0 Å². The number of aromatic amines is 1. The number of aromatic nitrogens is 3. The standard InChI is InChI=1S/C14H10FN5O2S/c1-8-11-5-10(7-17-14(11)19-18-8)20-23(21,22)13-3-2-9(6-16)4-12(13)15/h2-5,7,20H,1H3,(H,17,18,19). The fraction of sp³-hybridized carbons (Fsp3) is 0.0714. The Balaban J connectivity index is 1.99. The maximum absolute atomic E-state index is 13.9. The molecule has 0 saturated heterocycles. The molecular formula is C14H10FN5O2S. The number of pyridine rings is 1. The molecule has 9 heteroatoms. The first-order valence-corrected chi connectivity index (χ1v) is 7.92. The fourth-order valence-electron chi connectivity index (χ4n) is 2.07. The van der Waals surface area contributed by atoms with Crippen LogP contribution in [0, 0.1) is 24.1 Å². The van der Waals surface area contributed by atoms with Crippen LogP contribution in [0.4, 0.5) is 10.1 Å². The van der Waals surface area contributed by atoms with Gasteiger partial charge < -0.3 is 0 Å². The summed E-state index contributed by atoms with van der Waals surface area (Å²) >= 11 is 0. The number of anilines is 1. The van der Waals surface area contributed by atoms with Gasteiger partial charge in [-0.05, 0) is 31.2 Å². The fourth-order valence-corrected chi connectivity index (χ4v) is 3.17. The summed E-state index contributed by atoms with van der Waals surface area (Å²) in [5.41, 5.74) is 1.41. The van der Waals surface area contributed by atoms with Gasteiger partial charge in [0.15, 0.2) is 5.65 Å². The summed E-state index contributed by atoms with van der Waals surface area (Å²) in [6, 6.07) is 6.45. The molecule has 3 aromatic rings. The van der Waals surface area contributed by atoms with Crippen molar-refractivity contribution in [2.75, 3.05) is 4.72 Å². The molecule has 0 aliphatic heterocycles. The normalized spacial score (nSPS) is 11.3. The van der Waals surface area contributed by atoms with E-state index in [0.29, 0.717) is 11.0 Å². The number of sulfonamides is 1. The van der Waals surface area contributed by atoms with E-state index in [-0.39, 0.29) is 11.3 Å². The molecule has 2 aromatic heterocycles. The van der Waals surface area contributed by atoms with Gasteiger partial charge >= 0.3 is 0 Å². The molecule has 0 saturated carbocycles. The van der Waals surface area contributed by atoms with Gasteiger partial charge in [-0.15, -0.1) is 0 Å². The molecule has 1 aromatic carbocycles. The van der Waals surface area contributed by atoms with Crippen molar-refractivity contribution in [1.29, 1.82) is 5.26 Å². The van der Waals surface area contributed by atoms with E-state index in [9.17, 15) is 12.8 Å². The number of nitriles is 1. The van der Waals surface area contributed by atoms with Crippen molar-refractivity contribution in [2.45, 2.75) is 11.8 Å². The number of hydrogen-bond donors (Lipinski definition) is 2. The Morgan fingerprint density at radius 1 is 1.35 bits per heavy atom. The zero-order valence-corrected chi connectivity index (χ0v) is 12.6. The van der Waals surface area contributed by atoms with E-state index in [1.165, 1.54) is 12.3 Å². The molecule has 0 aliphatic rings. The summed E-state index contributed by atoms with van der Waals surface area (Å²) in [7, 11) is -4.14. The molecule has 0 spiro atoms. The average Bonchev–Trinajstić information content (AvgIpc) is 2.87. The van der Waals surface area contributed by atoms with Gasteiger partial charge in [-0.25, -0.2) is 17.8 Å². The van der Waals surface area contributed by atoms with Crippen molar-refractivity contribution in [3.05, 3.63) is 47.5 Å². The molecule has 2 N–H and O–H groups in total. The number of nitrogens with one attached hydrogen (secondary N) is 2.